The summed E-state index contributed by atoms with van der Waals surface area (Å²) in [5.74, 6) is 1.19. The van der Waals surface area contributed by atoms with Gasteiger partial charge < -0.3 is 19.4 Å². The Hall–Kier alpha value is -2.57. The number of aromatic nitrogens is 2. The minimum Gasteiger partial charge on any atom is -0.445 e. The third-order valence-electron chi connectivity index (χ3n) is 4.88. The molecule has 0 bridgehead atoms. The van der Waals surface area contributed by atoms with Crippen molar-refractivity contribution in [3.8, 4) is 0 Å². The zero-order valence-electron chi connectivity index (χ0n) is 14.1. The van der Waals surface area contributed by atoms with Crippen LogP contribution < -0.4 is 10.2 Å². The van der Waals surface area contributed by atoms with E-state index in [1.54, 1.807) is 0 Å². The van der Waals surface area contributed by atoms with E-state index >= 15 is 0 Å². The van der Waals surface area contributed by atoms with Gasteiger partial charge in [0, 0.05) is 19.0 Å². The number of ether oxygens (including phenoxy) is 1. The van der Waals surface area contributed by atoms with Crippen LogP contribution in [0.4, 0.5) is 10.8 Å². The van der Waals surface area contributed by atoms with Crippen LogP contribution in [0.1, 0.15) is 43.1 Å². The molecule has 1 saturated heterocycles. The Morgan fingerprint density at radius 2 is 2.08 bits per heavy atom. The summed E-state index contributed by atoms with van der Waals surface area (Å²) in [7, 11) is 0. The molecule has 1 aliphatic carbocycles. The van der Waals surface area contributed by atoms with Gasteiger partial charge in [-0.2, -0.15) is 0 Å². The number of nitrogens with zero attached hydrogens (tertiary/aromatic N) is 3. The third-order valence-corrected chi connectivity index (χ3v) is 4.88. The highest BCUT2D eigenvalue weighted by Crippen LogP contribution is 2.36. The number of hydrogen-bond acceptors (Lipinski definition) is 6. The Bertz CT molecular complexity index is 714. The molecule has 7 nitrogen and oxygen atoms in total. The van der Waals surface area contributed by atoms with E-state index in [4.69, 9.17) is 9.15 Å². The van der Waals surface area contributed by atoms with Gasteiger partial charge in [-0.25, -0.2) is 4.79 Å². The summed E-state index contributed by atoms with van der Waals surface area (Å²) in [5.41, 5.74) is 0.972. The molecule has 0 spiro atoms. The molecule has 1 aliphatic heterocycles. The molecule has 2 heterocycles. The quantitative estimate of drug-likeness (QED) is 0.900. The molecule has 2 aromatic rings. The highest BCUT2D eigenvalue weighted by Gasteiger charge is 2.30. The summed E-state index contributed by atoms with van der Waals surface area (Å²) in [6.07, 6.45) is 3.96. The summed E-state index contributed by atoms with van der Waals surface area (Å²) in [5, 5.41) is 11.2. The number of hydrogen-bond donors (Lipinski definition) is 1. The lowest BCUT2D eigenvalue weighted by Gasteiger charge is -2.21. The zero-order chi connectivity index (χ0) is 17.1. The number of rotatable bonds is 5. The Labute approximate surface area is 146 Å². The Morgan fingerprint density at radius 1 is 1.24 bits per heavy atom. The number of alkyl carbamates (subject to hydrolysis) is 1. The zero-order valence-corrected chi connectivity index (χ0v) is 14.1. The van der Waals surface area contributed by atoms with Gasteiger partial charge in [-0.15, -0.1) is 5.10 Å². The maximum atomic E-state index is 12.0. The number of benzene rings is 1. The van der Waals surface area contributed by atoms with Crippen LogP contribution >= 0.6 is 0 Å². The Balaban J connectivity index is 1.24. The van der Waals surface area contributed by atoms with E-state index in [-0.39, 0.29) is 12.6 Å². The average Bonchev–Trinajstić information content (AvgIpc) is 3.22. The van der Waals surface area contributed by atoms with Crippen LogP contribution in [-0.2, 0) is 11.3 Å². The molecule has 0 radical (unpaired) electrons. The first-order valence-corrected chi connectivity index (χ1v) is 8.83. The molecule has 7 heteroatoms. The molecule has 25 heavy (non-hydrogen) atoms. The first-order valence-electron chi connectivity index (χ1n) is 8.83. The van der Waals surface area contributed by atoms with Crippen molar-refractivity contribution >= 4 is 12.1 Å². The number of amides is 1. The molecule has 2 fully saturated rings. The SMILES string of the molecule is O=C(NC1CCN(c2nnc(C3CCC3)o2)C1)OCc1ccccc1. The molecule has 2 aliphatic rings. The average molecular weight is 342 g/mol. The number of anilines is 1. The smallest absolute Gasteiger partial charge is 0.407 e. The van der Waals surface area contributed by atoms with Crippen molar-refractivity contribution in [3.05, 3.63) is 41.8 Å². The van der Waals surface area contributed by atoms with Gasteiger partial charge in [0.25, 0.3) is 0 Å². The summed E-state index contributed by atoms with van der Waals surface area (Å²) in [4.78, 5) is 14.0. The van der Waals surface area contributed by atoms with Crippen molar-refractivity contribution < 1.29 is 13.9 Å². The van der Waals surface area contributed by atoms with Crippen LogP contribution in [0.5, 0.6) is 0 Å². The fourth-order valence-electron chi connectivity index (χ4n) is 3.16. The predicted molar refractivity (Wildman–Crippen MR) is 91.3 cm³/mol. The second-order valence-corrected chi connectivity index (χ2v) is 6.69. The van der Waals surface area contributed by atoms with Gasteiger partial charge in [0.05, 0.1) is 6.04 Å². The molecule has 1 saturated carbocycles. The van der Waals surface area contributed by atoms with E-state index < -0.39 is 6.09 Å². The van der Waals surface area contributed by atoms with E-state index in [1.807, 2.05) is 35.2 Å². The topological polar surface area (TPSA) is 80.5 Å². The summed E-state index contributed by atoms with van der Waals surface area (Å²) >= 11 is 0. The maximum absolute atomic E-state index is 12.0. The maximum Gasteiger partial charge on any atom is 0.407 e. The molecule has 1 unspecified atom stereocenters. The van der Waals surface area contributed by atoms with E-state index in [1.165, 1.54) is 6.42 Å². The molecule has 1 atom stereocenters. The first-order chi connectivity index (χ1) is 12.3. The number of carbonyl (C=O) groups excluding carboxylic acids is 1. The van der Waals surface area contributed by atoms with Crippen LogP contribution in [-0.4, -0.2) is 35.4 Å². The van der Waals surface area contributed by atoms with Crippen LogP contribution in [0.3, 0.4) is 0 Å². The van der Waals surface area contributed by atoms with Crippen molar-refractivity contribution in [2.75, 3.05) is 18.0 Å². The Kier molecular flexibility index (Phi) is 4.54. The number of carbonyl (C=O) groups is 1. The third kappa shape index (κ3) is 3.75. The largest absolute Gasteiger partial charge is 0.445 e. The lowest BCUT2D eigenvalue weighted by atomic mass is 9.85. The molecule has 4 rings (SSSR count). The van der Waals surface area contributed by atoms with Crippen LogP contribution in [0.15, 0.2) is 34.7 Å². The van der Waals surface area contributed by atoms with Crippen molar-refractivity contribution in [1.82, 2.24) is 15.5 Å². The second-order valence-electron chi connectivity index (χ2n) is 6.69. The van der Waals surface area contributed by atoms with Crippen LogP contribution in [0.2, 0.25) is 0 Å². The van der Waals surface area contributed by atoms with Crippen LogP contribution in [0.25, 0.3) is 0 Å². The van der Waals surface area contributed by atoms with E-state index in [0.717, 1.165) is 37.3 Å². The Morgan fingerprint density at radius 3 is 2.84 bits per heavy atom. The monoisotopic (exact) mass is 342 g/mol. The van der Waals surface area contributed by atoms with E-state index in [9.17, 15) is 4.79 Å². The molecule has 1 amide bonds. The highest BCUT2D eigenvalue weighted by atomic mass is 16.5. The minimum absolute atomic E-state index is 0.0299. The van der Waals surface area contributed by atoms with E-state index in [0.29, 0.717) is 18.5 Å². The fraction of sp³-hybridized carbons (Fsp3) is 0.500. The van der Waals surface area contributed by atoms with Gasteiger partial charge in [0.2, 0.25) is 5.89 Å². The highest BCUT2D eigenvalue weighted by molar-refractivity contribution is 5.67. The van der Waals surface area contributed by atoms with Crippen molar-refractivity contribution in [2.24, 2.45) is 0 Å². The van der Waals surface area contributed by atoms with Gasteiger partial charge in [0.15, 0.2) is 0 Å². The van der Waals surface area contributed by atoms with Gasteiger partial charge in [-0.05, 0) is 24.8 Å². The normalized spacial score (nSPS) is 20.3. The van der Waals surface area contributed by atoms with Gasteiger partial charge in [-0.3, -0.25) is 0 Å². The standard InChI is InChI=1S/C18H22N4O3/c23-18(24-12-13-5-2-1-3-6-13)19-15-9-10-22(11-15)17-21-20-16(25-17)14-7-4-8-14/h1-3,5-6,14-15H,4,7-12H2,(H,19,23). The molecule has 132 valence electrons. The van der Waals surface area contributed by atoms with E-state index in [2.05, 4.69) is 15.5 Å². The van der Waals surface area contributed by atoms with Crippen molar-refractivity contribution in [1.29, 1.82) is 0 Å². The lowest BCUT2D eigenvalue weighted by molar-refractivity contribution is 0.136. The summed E-state index contributed by atoms with van der Waals surface area (Å²) in [6.45, 7) is 1.72. The molecular formula is C18H22N4O3. The first kappa shape index (κ1) is 15.9. The molecule has 1 N–H and O–H groups in total. The summed E-state index contributed by atoms with van der Waals surface area (Å²) < 4.78 is 11.1. The van der Waals surface area contributed by atoms with Gasteiger partial charge in [0.1, 0.15) is 6.61 Å². The summed E-state index contributed by atoms with van der Waals surface area (Å²) in [6, 6.07) is 10.2. The van der Waals surface area contributed by atoms with Crippen molar-refractivity contribution in [3.63, 3.8) is 0 Å². The predicted octanol–water partition coefficient (Wildman–Crippen LogP) is 2.84. The van der Waals surface area contributed by atoms with Crippen molar-refractivity contribution in [2.45, 2.75) is 44.2 Å². The fourth-order valence-corrected chi connectivity index (χ4v) is 3.16. The molecule has 1 aromatic heterocycles. The minimum atomic E-state index is -0.392. The van der Waals surface area contributed by atoms with Gasteiger partial charge in [-0.1, -0.05) is 41.9 Å². The lowest BCUT2D eigenvalue weighted by Crippen LogP contribution is -2.37. The molecule has 1 aromatic carbocycles. The second kappa shape index (κ2) is 7.13. The molecular weight excluding hydrogens is 320 g/mol. The van der Waals surface area contributed by atoms with Crippen LogP contribution in [0, 0.1) is 0 Å². The van der Waals surface area contributed by atoms with Gasteiger partial charge >= 0.3 is 12.1 Å². The number of nitrogens with one attached hydrogen (secondary N) is 1.